The van der Waals surface area contributed by atoms with Crippen LogP contribution in [0.25, 0.3) is 11.2 Å². The Kier molecular flexibility index (Phi) is 7.75. The molecule has 1 fully saturated rings. The number of fused-ring (bicyclic) bond motifs is 1. The molecule has 3 N–H and O–H groups in total. The van der Waals surface area contributed by atoms with Crippen LogP contribution in [0, 0.1) is 16.7 Å². The van der Waals surface area contributed by atoms with Crippen molar-refractivity contribution < 1.29 is 15.0 Å². The Hall–Kier alpha value is -3.13. The van der Waals surface area contributed by atoms with Crippen LogP contribution in [0.5, 0.6) is 5.75 Å². The zero-order chi connectivity index (χ0) is 27.8. The van der Waals surface area contributed by atoms with E-state index in [9.17, 15) is 19.8 Å². The van der Waals surface area contributed by atoms with E-state index in [2.05, 4.69) is 46.0 Å². The van der Waals surface area contributed by atoms with Crippen molar-refractivity contribution in [2.24, 2.45) is 23.8 Å². The number of imidazole rings is 1. The molecule has 38 heavy (non-hydrogen) atoms. The second-order valence-corrected chi connectivity index (χ2v) is 12.8. The minimum atomic E-state index is -0.699. The highest BCUT2D eigenvalue weighted by molar-refractivity contribution is 5.96. The molecule has 3 unspecified atom stereocenters. The van der Waals surface area contributed by atoms with E-state index in [4.69, 9.17) is 4.98 Å². The number of hydrogen-bond donors (Lipinski definition) is 3. The number of benzene rings is 1. The van der Waals surface area contributed by atoms with Crippen molar-refractivity contribution in [3.8, 4) is 5.75 Å². The fourth-order valence-electron chi connectivity index (χ4n) is 5.74. The van der Waals surface area contributed by atoms with Crippen molar-refractivity contribution in [3.63, 3.8) is 0 Å². The summed E-state index contributed by atoms with van der Waals surface area (Å²) in [5, 5.41) is 23.5. The van der Waals surface area contributed by atoms with Crippen LogP contribution in [0.15, 0.2) is 41.2 Å². The van der Waals surface area contributed by atoms with Crippen molar-refractivity contribution in [2.45, 2.75) is 78.9 Å². The number of phenolic OH excluding ortho intramolecular Hbond substituents is 1. The number of phenols is 1. The van der Waals surface area contributed by atoms with E-state index in [1.807, 2.05) is 10.6 Å². The number of hydrogen-bond acceptors (Lipinski definition) is 5. The third-order valence-corrected chi connectivity index (χ3v) is 8.07. The number of aromatic nitrogens is 3. The van der Waals surface area contributed by atoms with Crippen LogP contribution in [0.2, 0.25) is 0 Å². The Morgan fingerprint density at radius 3 is 2.61 bits per heavy atom. The number of aryl methyl sites for hydroxylation is 1. The van der Waals surface area contributed by atoms with Crippen molar-refractivity contribution >= 4 is 17.1 Å². The molecular weight excluding hydrogens is 480 g/mol. The summed E-state index contributed by atoms with van der Waals surface area (Å²) in [5.74, 6) is 0.00235. The van der Waals surface area contributed by atoms with E-state index in [0.717, 1.165) is 30.5 Å². The van der Waals surface area contributed by atoms with Crippen LogP contribution in [0.3, 0.4) is 0 Å². The number of carbonyl (C=O) groups is 1. The first kappa shape index (κ1) is 27.9. The minimum Gasteiger partial charge on any atom is -0.507 e. The molecule has 1 amide bonds. The second-order valence-electron chi connectivity index (χ2n) is 12.8. The zero-order valence-corrected chi connectivity index (χ0v) is 23.5. The number of nitrogens with one attached hydrogen (secondary N) is 1. The first-order valence-electron chi connectivity index (χ1n) is 13.6. The molecule has 3 aromatic rings. The van der Waals surface area contributed by atoms with Gasteiger partial charge in [0.15, 0.2) is 5.65 Å². The van der Waals surface area contributed by atoms with Crippen LogP contribution in [0.1, 0.15) is 82.3 Å². The summed E-state index contributed by atoms with van der Waals surface area (Å²) >= 11 is 0. The van der Waals surface area contributed by atoms with Gasteiger partial charge in [-0.25, -0.2) is 9.78 Å². The number of pyridine rings is 1. The number of rotatable bonds is 7. The normalized spacial score (nSPS) is 20.4. The minimum absolute atomic E-state index is 0.0270. The van der Waals surface area contributed by atoms with Gasteiger partial charge in [0.05, 0.1) is 17.2 Å². The Balaban J connectivity index is 1.47. The van der Waals surface area contributed by atoms with Gasteiger partial charge in [0.25, 0.3) is 5.91 Å². The van der Waals surface area contributed by atoms with E-state index in [-0.39, 0.29) is 46.2 Å². The monoisotopic (exact) mass is 522 g/mol. The first-order chi connectivity index (χ1) is 17.8. The molecule has 0 radical (unpaired) electrons. The van der Waals surface area contributed by atoms with Crippen LogP contribution in [-0.4, -0.2) is 42.9 Å². The van der Waals surface area contributed by atoms with Gasteiger partial charge in [0.2, 0.25) is 0 Å². The molecule has 0 bridgehead atoms. The number of para-hydroxylation sites is 1. The Morgan fingerprint density at radius 1 is 1.21 bits per heavy atom. The summed E-state index contributed by atoms with van der Waals surface area (Å²) in [6.07, 6.45) is 2.75. The molecular formula is C30H42N4O4. The molecule has 8 heteroatoms. The van der Waals surface area contributed by atoms with Gasteiger partial charge in [-0.05, 0) is 66.7 Å². The lowest BCUT2D eigenvalue weighted by atomic mass is 9.63. The number of aliphatic hydroxyl groups excluding tert-OH is 1. The Labute approximate surface area is 224 Å². The fourth-order valence-corrected chi connectivity index (χ4v) is 5.74. The highest BCUT2D eigenvalue weighted by atomic mass is 16.3. The molecule has 1 saturated carbocycles. The summed E-state index contributed by atoms with van der Waals surface area (Å²) in [6, 6.07) is 10.5. The lowest BCUT2D eigenvalue weighted by molar-refractivity contribution is 0.0546. The number of aromatic hydroxyl groups is 1. The summed E-state index contributed by atoms with van der Waals surface area (Å²) < 4.78 is 3.46. The topological polar surface area (TPSA) is 109 Å². The fraction of sp³-hybridized carbons (Fsp3) is 0.567. The van der Waals surface area contributed by atoms with Gasteiger partial charge >= 0.3 is 5.69 Å². The quantitative estimate of drug-likeness (QED) is 0.421. The summed E-state index contributed by atoms with van der Waals surface area (Å²) in [5.41, 5.74) is 2.74. The third kappa shape index (κ3) is 5.96. The van der Waals surface area contributed by atoms with Crippen LogP contribution in [0.4, 0.5) is 0 Å². The number of amides is 1. The van der Waals surface area contributed by atoms with Gasteiger partial charge in [0.1, 0.15) is 5.75 Å². The number of nitrogens with zero attached hydrogens (tertiary/aromatic N) is 3. The smallest absolute Gasteiger partial charge is 0.330 e. The maximum atomic E-state index is 12.9. The maximum absolute atomic E-state index is 12.9. The highest BCUT2D eigenvalue weighted by Gasteiger charge is 2.38. The molecule has 2 aromatic heterocycles. The summed E-state index contributed by atoms with van der Waals surface area (Å²) in [4.78, 5) is 30.4. The maximum Gasteiger partial charge on any atom is 0.330 e. The first-order valence-corrected chi connectivity index (χ1v) is 13.6. The number of carbonyl (C=O) groups excluding carboxylic acids is 1. The molecule has 0 aliphatic heterocycles. The SMILES string of the molecule is Cn1c(=O)n(CC(C)(C)C)c2ccc(C3CCC(C)(C)C(CC(O)CNC(=O)c4ccccc4O)C3)nc21. The van der Waals surface area contributed by atoms with Crippen molar-refractivity contribution in [2.75, 3.05) is 6.54 Å². The van der Waals surface area contributed by atoms with E-state index >= 15 is 0 Å². The molecule has 0 saturated heterocycles. The molecule has 1 aliphatic carbocycles. The van der Waals surface area contributed by atoms with Crippen molar-refractivity contribution in [1.29, 1.82) is 0 Å². The lowest BCUT2D eigenvalue weighted by Gasteiger charge is -2.43. The number of aliphatic hydroxyl groups is 1. The van der Waals surface area contributed by atoms with Gasteiger partial charge in [-0.2, -0.15) is 0 Å². The Bertz CT molecular complexity index is 1360. The van der Waals surface area contributed by atoms with Gasteiger partial charge in [0, 0.05) is 31.7 Å². The van der Waals surface area contributed by atoms with Crippen molar-refractivity contribution in [3.05, 3.63) is 58.1 Å². The molecule has 8 nitrogen and oxygen atoms in total. The van der Waals surface area contributed by atoms with Gasteiger partial charge in [-0.3, -0.25) is 13.9 Å². The molecule has 1 aromatic carbocycles. The van der Waals surface area contributed by atoms with Crippen molar-refractivity contribution in [1.82, 2.24) is 19.4 Å². The second kappa shape index (κ2) is 10.6. The third-order valence-electron chi connectivity index (χ3n) is 8.07. The van der Waals surface area contributed by atoms with E-state index in [0.29, 0.717) is 18.6 Å². The molecule has 206 valence electrons. The molecule has 3 atom stereocenters. The van der Waals surface area contributed by atoms with E-state index in [1.165, 1.54) is 6.07 Å². The highest BCUT2D eigenvalue weighted by Crippen LogP contribution is 2.48. The molecule has 1 aliphatic rings. The Morgan fingerprint density at radius 2 is 1.92 bits per heavy atom. The van der Waals surface area contributed by atoms with Crippen LogP contribution < -0.4 is 11.0 Å². The van der Waals surface area contributed by atoms with Crippen LogP contribution in [-0.2, 0) is 13.6 Å². The van der Waals surface area contributed by atoms with Gasteiger partial charge in [-0.1, -0.05) is 46.8 Å². The standard InChI is InChI=1S/C30H42N4O4/c1-29(2,3)18-34-24-12-11-23(32-26(24)33(6)28(34)38)19-13-14-30(4,5)20(15-19)16-21(35)17-31-27(37)22-9-7-8-10-25(22)36/h7-12,19-21,35-36H,13-18H2,1-6H3,(H,31,37). The average molecular weight is 523 g/mol. The van der Waals surface area contributed by atoms with E-state index in [1.54, 1.807) is 29.8 Å². The summed E-state index contributed by atoms with van der Waals surface area (Å²) in [6.45, 7) is 11.6. The molecule has 0 spiro atoms. The van der Waals surface area contributed by atoms with E-state index < -0.39 is 12.0 Å². The molecule has 2 heterocycles. The molecule has 4 rings (SSSR count). The average Bonchev–Trinajstić information content (AvgIpc) is 3.07. The zero-order valence-electron chi connectivity index (χ0n) is 23.5. The lowest BCUT2D eigenvalue weighted by Crippen LogP contribution is -2.38. The van der Waals surface area contributed by atoms with Crippen LogP contribution >= 0.6 is 0 Å². The summed E-state index contributed by atoms with van der Waals surface area (Å²) in [7, 11) is 1.78. The largest absolute Gasteiger partial charge is 0.507 e. The predicted octanol–water partition coefficient (Wildman–Crippen LogP) is 4.58. The van der Waals surface area contributed by atoms with Gasteiger partial charge < -0.3 is 15.5 Å². The predicted molar refractivity (Wildman–Crippen MR) is 149 cm³/mol. The van der Waals surface area contributed by atoms with Gasteiger partial charge in [-0.15, -0.1) is 0 Å².